The lowest BCUT2D eigenvalue weighted by atomic mass is 9.98. The quantitative estimate of drug-likeness (QED) is 0.426. The van der Waals surface area contributed by atoms with Crippen molar-refractivity contribution < 1.29 is 23.1 Å². The predicted octanol–water partition coefficient (Wildman–Crippen LogP) is 2.44. The number of carbonyl (C=O) groups is 2. The molecule has 158 valence electrons. The number of H-pyrrole nitrogens is 1. The average Bonchev–Trinajstić information content (AvgIpc) is 3.05. The van der Waals surface area contributed by atoms with E-state index >= 15 is 0 Å². The molecule has 0 bridgehead atoms. The number of carboxylic acids is 1. The van der Waals surface area contributed by atoms with Gasteiger partial charge in [-0.05, 0) is 67.5 Å². The molecule has 5 N–H and O–H groups in total. The molecule has 9 heteroatoms. The third kappa shape index (κ3) is 3.90. The number of rotatable bonds is 5. The summed E-state index contributed by atoms with van der Waals surface area (Å²) in [7, 11) is -3.91. The highest BCUT2D eigenvalue weighted by atomic mass is 32.2. The SMILES string of the molecule is NS(=O)(=O)c1ccc2c(c1)C(=Cc1[nH]c3c(c1CCC(=O)O)CCCCC3)C(=O)N2. The maximum Gasteiger partial charge on any atom is 0.303 e. The molecule has 8 nitrogen and oxygen atoms in total. The highest BCUT2D eigenvalue weighted by molar-refractivity contribution is 7.89. The molecule has 0 fully saturated rings. The van der Waals surface area contributed by atoms with Crippen LogP contribution in [0.4, 0.5) is 5.69 Å². The summed E-state index contributed by atoms with van der Waals surface area (Å²) in [4.78, 5) is 27.1. The number of nitrogens with two attached hydrogens (primary N) is 1. The molecule has 0 radical (unpaired) electrons. The number of aryl methyl sites for hydroxylation is 1. The van der Waals surface area contributed by atoms with Crippen LogP contribution in [0.1, 0.15) is 53.8 Å². The van der Waals surface area contributed by atoms with Crippen LogP contribution < -0.4 is 10.5 Å². The van der Waals surface area contributed by atoms with Gasteiger partial charge in [0.15, 0.2) is 0 Å². The van der Waals surface area contributed by atoms with Crippen molar-refractivity contribution in [1.82, 2.24) is 4.98 Å². The van der Waals surface area contributed by atoms with Crippen LogP contribution in [0.2, 0.25) is 0 Å². The normalized spacial score (nSPS) is 17.4. The van der Waals surface area contributed by atoms with Crippen molar-refractivity contribution in [3.63, 3.8) is 0 Å². The molecule has 2 aliphatic rings. The Hall–Kier alpha value is -2.91. The minimum atomic E-state index is -3.91. The second kappa shape index (κ2) is 7.73. The molecular weight excluding hydrogens is 406 g/mol. The number of hydrogen-bond donors (Lipinski definition) is 4. The van der Waals surface area contributed by atoms with Crippen LogP contribution in [0.15, 0.2) is 23.1 Å². The number of benzene rings is 1. The first-order chi connectivity index (χ1) is 14.2. The van der Waals surface area contributed by atoms with Gasteiger partial charge in [-0.2, -0.15) is 0 Å². The zero-order valence-electron chi connectivity index (χ0n) is 16.3. The van der Waals surface area contributed by atoms with Gasteiger partial charge in [-0.25, -0.2) is 13.6 Å². The molecule has 0 saturated carbocycles. The largest absolute Gasteiger partial charge is 0.481 e. The predicted molar refractivity (Wildman–Crippen MR) is 112 cm³/mol. The summed E-state index contributed by atoms with van der Waals surface area (Å²) >= 11 is 0. The summed E-state index contributed by atoms with van der Waals surface area (Å²) in [5, 5.41) is 17.1. The van der Waals surface area contributed by atoms with E-state index in [0.717, 1.165) is 48.9 Å². The van der Waals surface area contributed by atoms with Crippen LogP contribution in [0, 0.1) is 0 Å². The lowest BCUT2D eigenvalue weighted by Crippen LogP contribution is -2.12. The van der Waals surface area contributed by atoms with Crippen LogP contribution in [0.5, 0.6) is 0 Å². The zero-order chi connectivity index (χ0) is 21.5. The number of hydrogen-bond acceptors (Lipinski definition) is 4. The number of carbonyl (C=O) groups excluding carboxylic acids is 1. The molecule has 30 heavy (non-hydrogen) atoms. The van der Waals surface area contributed by atoms with Gasteiger partial charge in [-0.15, -0.1) is 0 Å². The van der Waals surface area contributed by atoms with E-state index < -0.39 is 16.0 Å². The standard InChI is InChI=1S/C21H23N3O5S/c22-30(28,29)12-6-8-18-15(10-12)16(21(27)24-18)11-19-14(7-9-20(25)26)13-4-2-1-3-5-17(13)23-19/h6,8,10-11,23H,1-5,7,9H2,(H,24,27)(H,25,26)(H2,22,28,29). The number of aromatic nitrogens is 1. The fourth-order valence-electron chi connectivity index (χ4n) is 4.23. The maximum atomic E-state index is 12.6. The van der Waals surface area contributed by atoms with Crippen molar-refractivity contribution in [2.24, 2.45) is 5.14 Å². The minimum Gasteiger partial charge on any atom is -0.481 e. The van der Waals surface area contributed by atoms with E-state index in [4.69, 9.17) is 10.2 Å². The number of amides is 1. The molecule has 1 aromatic carbocycles. The summed E-state index contributed by atoms with van der Waals surface area (Å²) in [6.45, 7) is 0. The first kappa shape index (κ1) is 20.4. The van der Waals surface area contributed by atoms with Gasteiger partial charge in [0.2, 0.25) is 10.0 Å². The molecule has 2 aromatic rings. The fourth-order valence-corrected chi connectivity index (χ4v) is 4.77. The van der Waals surface area contributed by atoms with Gasteiger partial charge in [0.1, 0.15) is 0 Å². The van der Waals surface area contributed by atoms with Crippen LogP contribution in [0.25, 0.3) is 11.6 Å². The Morgan fingerprint density at radius 2 is 1.97 bits per heavy atom. The Balaban J connectivity index is 1.82. The van der Waals surface area contributed by atoms with E-state index in [2.05, 4.69) is 10.3 Å². The van der Waals surface area contributed by atoms with Crippen molar-refractivity contribution >= 4 is 39.2 Å². The summed E-state index contributed by atoms with van der Waals surface area (Å²) in [6.07, 6.45) is 7.05. The smallest absolute Gasteiger partial charge is 0.303 e. The van der Waals surface area contributed by atoms with Gasteiger partial charge in [0.05, 0.1) is 10.5 Å². The summed E-state index contributed by atoms with van der Waals surface area (Å²) in [6, 6.07) is 4.26. The van der Waals surface area contributed by atoms with E-state index in [9.17, 15) is 18.0 Å². The lowest BCUT2D eigenvalue weighted by molar-refractivity contribution is -0.137. The van der Waals surface area contributed by atoms with Crippen LogP contribution in [-0.4, -0.2) is 30.4 Å². The van der Waals surface area contributed by atoms with E-state index in [0.29, 0.717) is 28.9 Å². The fraction of sp³-hybridized carbons (Fsp3) is 0.333. The molecule has 1 aliphatic heterocycles. The first-order valence-electron chi connectivity index (χ1n) is 9.88. The van der Waals surface area contributed by atoms with Gasteiger partial charge in [-0.1, -0.05) is 6.42 Å². The number of aromatic amines is 1. The van der Waals surface area contributed by atoms with E-state index in [1.165, 1.54) is 18.2 Å². The van der Waals surface area contributed by atoms with Gasteiger partial charge >= 0.3 is 5.97 Å². The Kier molecular flexibility index (Phi) is 5.25. The van der Waals surface area contributed by atoms with Gasteiger partial charge in [0.25, 0.3) is 5.91 Å². The molecule has 1 amide bonds. The third-order valence-corrected chi connectivity index (χ3v) is 6.58. The number of primary sulfonamides is 1. The summed E-state index contributed by atoms with van der Waals surface area (Å²) in [5.74, 6) is -1.22. The van der Waals surface area contributed by atoms with E-state index in [1.807, 2.05) is 0 Å². The Morgan fingerprint density at radius 1 is 1.20 bits per heavy atom. The monoisotopic (exact) mass is 429 g/mol. The van der Waals surface area contributed by atoms with Crippen LogP contribution in [0.3, 0.4) is 0 Å². The van der Waals surface area contributed by atoms with Gasteiger partial charge < -0.3 is 15.4 Å². The zero-order valence-corrected chi connectivity index (χ0v) is 17.1. The molecule has 1 aliphatic carbocycles. The molecule has 0 unspecified atom stereocenters. The topological polar surface area (TPSA) is 142 Å². The van der Waals surface area contributed by atoms with Crippen LogP contribution >= 0.6 is 0 Å². The number of nitrogens with one attached hydrogen (secondary N) is 2. The number of anilines is 1. The second-order valence-electron chi connectivity index (χ2n) is 7.69. The van der Waals surface area contributed by atoms with Crippen molar-refractivity contribution in [2.45, 2.75) is 49.8 Å². The van der Waals surface area contributed by atoms with Crippen molar-refractivity contribution in [3.8, 4) is 0 Å². The van der Waals surface area contributed by atoms with Crippen LogP contribution in [-0.2, 0) is 38.9 Å². The van der Waals surface area contributed by atoms with E-state index in [-0.39, 0.29) is 17.2 Å². The summed E-state index contributed by atoms with van der Waals surface area (Å²) in [5.41, 5.74) is 5.17. The van der Waals surface area contributed by atoms with Gasteiger partial charge in [0, 0.05) is 29.1 Å². The molecule has 0 spiro atoms. The number of fused-ring (bicyclic) bond motifs is 2. The summed E-state index contributed by atoms with van der Waals surface area (Å²) < 4.78 is 23.5. The number of sulfonamides is 1. The Morgan fingerprint density at radius 3 is 2.70 bits per heavy atom. The number of carboxylic acid groups (broad SMARTS) is 1. The van der Waals surface area contributed by atoms with Crippen molar-refractivity contribution in [3.05, 3.63) is 46.3 Å². The van der Waals surface area contributed by atoms with Crippen molar-refractivity contribution in [1.29, 1.82) is 0 Å². The first-order valence-corrected chi connectivity index (χ1v) is 11.4. The third-order valence-electron chi connectivity index (χ3n) is 5.67. The average molecular weight is 429 g/mol. The van der Waals surface area contributed by atoms with Gasteiger partial charge in [-0.3, -0.25) is 9.59 Å². The number of aliphatic carboxylic acids is 1. The Labute approximate surface area is 174 Å². The molecule has 1 aromatic heterocycles. The molecule has 4 rings (SSSR count). The molecule has 0 saturated heterocycles. The molecule has 0 atom stereocenters. The Bertz CT molecular complexity index is 1180. The lowest BCUT2D eigenvalue weighted by Gasteiger charge is -2.05. The maximum absolute atomic E-state index is 12.6. The van der Waals surface area contributed by atoms with E-state index in [1.54, 1.807) is 6.08 Å². The highest BCUT2D eigenvalue weighted by Crippen LogP contribution is 2.36. The molecular formula is C21H23N3O5S. The highest BCUT2D eigenvalue weighted by Gasteiger charge is 2.27. The second-order valence-corrected chi connectivity index (χ2v) is 9.25. The molecule has 2 heterocycles. The van der Waals surface area contributed by atoms with Crippen molar-refractivity contribution in [2.75, 3.05) is 5.32 Å². The minimum absolute atomic E-state index is 0.00118.